The number of hydrogen-bond donors (Lipinski definition) is 0. The second-order valence-corrected chi connectivity index (χ2v) is 7.08. The van der Waals surface area contributed by atoms with Crippen molar-refractivity contribution in [3.8, 4) is 11.4 Å². The van der Waals surface area contributed by atoms with Crippen LogP contribution in [-0.2, 0) is 4.79 Å². The second-order valence-electron chi connectivity index (χ2n) is 7.08. The number of aryl methyl sites for hydroxylation is 1. The molecule has 1 saturated heterocycles. The molecule has 0 saturated carbocycles. The number of hydrogen-bond acceptors (Lipinski definition) is 4. The van der Waals surface area contributed by atoms with E-state index in [0.29, 0.717) is 24.1 Å². The maximum absolute atomic E-state index is 12.1. The summed E-state index contributed by atoms with van der Waals surface area (Å²) in [5.74, 6) is 2.25. The van der Waals surface area contributed by atoms with Gasteiger partial charge in [0.25, 0.3) is 0 Å². The summed E-state index contributed by atoms with van der Waals surface area (Å²) in [7, 11) is 0. The van der Waals surface area contributed by atoms with Gasteiger partial charge in [0.05, 0.1) is 0 Å². The molecule has 1 aliphatic heterocycles. The fourth-order valence-electron chi connectivity index (χ4n) is 3.08. The number of carbonyl (C=O) groups is 1. The molecular formula is C19H25N3O2. The summed E-state index contributed by atoms with van der Waals surface area (Å²) < 4.78 is 5.48. The number of aromatic nitrogens is 2. The first-order valence-corrected chi connectivity index (χ1v) is 8.71. The summed E-state index contributed by atoms with van der Waals surface area (Å²) >= 11 is 0. The quantitative estimate of drug-likeness (QED) is 0.857. The van der Waals surface area contributed by atoms with Gasteiger partial charge in [-0.1, -0.05) is 48.8 Å². The minimum Gasteiger partial charge on any atom is -0.343 e. The van der Waals surface area contributed by atoms with Crippen LogP contribution in [0.5, 0.6) is 0 Å². The molecular weight excluding hydrogens is 302 g/mol. The van der Waals surface area contributed by atoms with E-state index in [1.807, 2.05) is 29.2 Å². The van der Waals surface area contributed by atoms with Crippen LogP contribution in [0.25, 0.3) is 11.4 Å². The van der Waals surface area contributed by atoms with E-state index < -0.39 is 0 Å². The Morgan fingerprint density at radius 2 is 1.92 bits per heavy atom. The van der Waals surface area contributed by atoms with Crippen molar-refractivity contribution in [2.45, 2.75) is 46.0 Å². The van der Waals surface area contributed by atoms with E-state index in [1.54, 1.807) is 0 Å². The lowest BCUT2D eigenvalue weighted by Crippen LogP contribution is -2.38. The zero-order valence-electron chi connectivity index (χ0n) is 14.7. The highest BCUT2D eigenvalue weighted by molar-refractivity contribution is 5.76. The van der Waals surface area contributed by atoms with Gasteiger partial charge in [0.15, 0.2) is 0 Å². The van der Waals surface area contributed by atoms with Gasteiger partial charge >= 0.3 is 0 Å². The fraction of sp³-hybridized carbons (Fsp3) is 0.526. The molecule has 1 aromatic carbocycles. The standard InChI is InChI=1S/C19H25N3O2/c1-13(2)12-17(23)22-10-8-16(9-11-22)19-20-18(21-24-19)15-6-4-14(3)5-7-15/h4-7,13,16H,8-12H2,1-3H3. The minimum absolute atomic E-state index is 0.250. The smallest absolute Gasteiger partial charge is 0.230 e. The van der Waals surface area contributed by atoms with Gasteiger partial charge in [0, 0.05) is 31.0 Å². The molecule has 0 N–H and O–H groups in total. The van der Waals surface area contributed by atoms with Crippen molar-refractivity contribution in [3.63, 3.8) is 0 Å². The summed E-state index contributed by atoms with van der Waals surface area (Å²) in [6.45, 7) is 7.77. The van der Waals surface area contributed by atoms with Crippen molar-refractivity contribution in [2.75, 3.05) is 13.1 Å². The zero-order chi connectivity index (χ0) is 17.1. The normalized spacial score (nSPS) is 15.9. The molecule has 0 aliphatic carbocycles. The number of likely N-dealkylation sites (tertiary alicyclic amines) is 1. The highest BCUT2D eigenvalue weighted by atomic mass is 16.5. The molecule has 3 rings (SSSR count). The minimum atomic E-state index is 0.250. The third kappa shape index (κ3) is 3.83. The summed E-state index contributed by atoms with van der Waals surface area (Å²) in [6, 6.07) is 8.11. The van der Waals surface area contributed by atoms with Crippen molar-refractivity contribution in [2.24, 2.45) is 5.92 Å². The van der Waals surface area contributed by atoms with Crippen molar-refractivity contribution in [1.29, 1.82) is 0 Å². The van der Waals surface area contributed by atoms with Gasteiger partial charge in [0.1, 0.15) is 0 Å². The first-order valence-electron chi connectivity index (χ1n) is 8.71. The number of carbonyl (C=O) groups excluding carboxylic acids is 1. The van der Waals surface area contributed by atoms with E-state index in [4.69, 9.17) is 4.52 Å². The van der Waals surface area contributed by atoms with E-state index in [-0.39, 0.29) is 11.8 Å². The largest absolute Gasteiger partial charge is 0.343 e. The maximum Gasteiger partial charge on any atom is 0.230 e. The van der Waals surface area contributed by atoms with Crippen LogP contribution in [0.15, 0.2) is 28.8 Å². The van der Waals surface area contributed by atoms with Crippen molar-refractivity contribution >= 4 is 5.91 Å². The Morgan fingerprint density at radius 3 is 2.54 bits per heavy atom. The van der Waals surface area contributed by atoms with E-state index in [9.17, 15) is 4.79 Å². The molecule has 5 heteroatoms. The number of nitrogens with zero attached hydrogens (tertiary/aromatic N) is 3. The first-order chi connectivity index (χ1) is 11.5. The van der Waals surface area contributed by atoms with E-state index in [2.05, 4.69) is 30.9 Å². The SMILES string of the molecule is Cc1ccc(-c2noc(C3CCN(C(=O)CC(C)C)CC3)n2)cc1. The maximum atomic E-state index is 12.1. The first kappa shape index (κ1) is 16.7. The average molecular weight is 327 g/mol. The van der Waals surface area contributed by atoms with Gasteiger partial charge in [-0.05, 0) is 25.7 Å². The molecule has 1 aliphatic rings. The summed E-state index contributed by atoms with van der Waals surface area (Å²) in [5, 5.41) is 4.12. The number of amides is 1. The molecule has 0 atom stereocenters. The van der Waals surface area contributed by atoms with Gasteiger partial charge in [-0.25, -0.2) is 0 Å². The lowest BCUT2D eigenvalue weighted by Gasteiger charge is -2.30. The lowest BCUT2D eigenvalue weighted by molar-refractivity contribution is -0.133. The van der Waals surface area contributed by atoms with E-state index in [1.165, 1.54) is 5.56 Å². The molecule has 5 nitrogen and oxygen atoms in total. The van der Waals surface area contributed by atoms with Crippen LogP contribution in [0.4, 0.5) is 0 Å². The van der Waals surface area contributed by atoms with Gasteiger partial charge in [-0.3, -0.25) is 4.79 Å². The molecule has 24 heavy (non-hydrogen) atoms. The molecule has 1 amide bonds. The van der Waals surface area contributed by atoms with Gasteiger partial charge in [0.2, 0.25) is 17.6 Å². The Labute approximate surface area is 143 Å². The van der Waals surface area contributed by atoms with Crippen LogP contribution >= 0.6 is 0 Å². The Hall–Kier alpha value is -2.17. The monoisotopic (exact) mass is 327 g/mol. The highest BCUT2D eigenvalue weighted by Crippen LogP contribution is 2.29. The Kier molecular flexibility index (Phi) is 4.97. The van der Waals surface area contributed by atoms with Gasteiger partial charge < -0.3 is 9.42 Å². The molecule has 0 unspecified atom stereocenters. The Balaban J connectivity index is 1.61. The van der Waals surface area contributed by atoms with Crippen LogP contribution in [0, 0.1) is 12.8 Å². The summed E-state index contributed by atoms with van der Waals surface area (Å²) in [4.78, 5) is 18.7. The van der Waals surface area contributed by atoms with Gasteiger partial charge in [-0.2, -0.15) is 4.98 Å². The topological polar surface area (TPSA) is 59.2 Å². The molecule has 1 fully saturated rings. The summed E-state index contributed by atoms with van der Waals surface area (Å²) in [5.41, 5.74) is 2.18. The van der Waals surface area contributed by atoms with Crippen molar-refractivity contribution in [3.05, 3.63) is 35.7 Å². The molecule has 2 aromatic rings. The fourth-order valence-corrected chi connectivity index (χ4v) is 3.08. The van der Waals surface area contributed by atoms with E-state index in [0.717, 1.165) is 31.5 Å². The van der Waals surface area contributed by atoms with Crippen LogP contribution in [0.1, 0.15) is 50.5 Å². The van der Waals surface area contributed by atoms with Crippen molar-refractivity contribution in [1.82, 2.24) is 15.0 Å². The molecule has 1 aromatic heterocycles. The number of piperidine rings is 1. The predicted octanol–water partition coefficient (Wildman–Crippen LogP) is 3.80. The third-order valence-corrected chi connectivity index (χ3v) is 4.53. The predicted molar refractivity (Wildman–Crippen MR) is 92.5 cm³/mol. The highest BCUT2D eigenvalue weighted by Gasteiger charge is 2.27. The van der Waals surface area contributed by atoms with Crippen LogP contribution in [0.3, 0.4) is 0 Å². The molecule has 2 heterocycles. The van der Waals surface area contributed by atoms with Crippen LogP contribution in [0.2, 0.25) is 0 Å². The lowest BCUT2D eigenvalue weighted by atomic mass is 9.96. The molecule has 0 bridgehead atoms. The summed E-state index contributed by atoms with van der Waals surface area (Å²) in [6.07, 6.45) is 2.40. The Bertz CT molecular complexity index is 683. The van der Waals surface area contributed by atoms with E-state index >= 15 is 0 Å². The molecule has 128 valence electrons. The number of rotatable bonds is 4. The third-order valence-electron chi connectivity index (χ3n) is 4.53. The van der Waals surface area contributed by atoms with Crippen LogP contribution < -0.4 is 0 Å². The zero-order valence-corrected chi connectivity index (χ0v) is 14.7. The second kappa shape index (κ2) is 7.16. The molecule has 0 radical (unpaired) electrons. The average Bonchev–Trinajstić information content (AvgIpc) is 3.05. The Morgan fingerprint density at radius 1 is 1.25 bits per heavy atom. The van der Waals surface area contributed by atoms with Gasteiger partial charge in [-0.15, -0.1) is 0 Å². The molecule has 0 spiro atoms. The van der Waals surface area contributed by atoms with Crippen molar-refractivity contribution < 1.29 is 9.32 Å². The number of benzene rings is 1. The van der Waals surface area contributed by atoms with Crippen LogP contribution in [-0.4, -0.2) is 34.0 Å².